The van der Waals surface area contributed by atoms with Crippen molar-refractivity contribution in [2.75, 3.05) is 14.2 Å². The first-order valence-corrected chi connectivity index (χ1v) is 12.2. The number of carboxylic acids is 1. The molecule has 0 saturated heterocycles. The van der Waals surface area contributed by atoms with Crippen molar-refractivity contribution in [1.82, 2.24) is 0 Å². The van der Waals surface area contributed by atoms with Crippen LogP contribution in [0.1, 0.15) is 28.5 Å². The van der Waals surface area contributed by atoms with E-state index in [1.54, 1.807) is 12.1 Å². The largest absolute Gasteiger partial charge is 0.496 e. The second kappa shape index (κ2) is 10.3. The number of esters is 1. The molecule has 0 aromatic heterocycles. The molecule has 4 aromatic rings. The maximum atomic E-state index is 13.7. The second-order valence-electron chi connectivity index (χ2n) is 9.21. The zero-order chi connectivity index (χ0) is 25.9. The SMILES string of the molecule is COc1ccccc1[C@H]1[C@H](C(=O)O)[C@H](c2ccccc2OC)[C@H]1C(=O)OCc1ccc2ccccc2c1. The predicted molar refractivity (Wildman–Crippen MR) is 140 cm³/mol. The number of aliphatic carboxylic acids is 1. The first kappa shape index (κ1) is 24.4. The highest BCUT2D eigenvalue weighted by molar-refractivity contribution is 5.86. The molecular weight excluding hydrogens is 468 g/mol. The number of rotatable bonds is 8. The van der Waals surface area contributed by atoms with Crippen LogP contribution >= 0.6 is 0 Å². The molecule has 0 bridgehead atoms. The molecule has 1 saturated carbocycles. The summed E-state index contributed by atoms with van der Waals surface area (Å²) in [5, 5.41) is 12.5. The normalized spacial score (nSPS) is 20.6. The molecule has 188 valence electrons. The zero-order valence-electron chi connectivity index (χ0n) is 20.7. The summed E-state index contributed by atoms with van der Waals surface area (Å²) in [7, 11) is 3.08. The Morgan fingerprint density at radius 3 is 1.81 bits per heavy atom. The van der Waals surface area contributed by atoms with E-state index in [9.17, 15) is 14.7 Å². The van der Waals surface area contributed by atoms with Crippen LogP contribution in [0.25, 0.3) is 10.8 Å². The molecular formula is C31H28O6. The number of methoxy groups -OCH3 is 2. The quantitative estimate of drug-likeness (QED) is 0.311. The smallest absolute Gasteiger partial charge is 0.310 e. The highest BCUT2D eigenvalue weighted by Gasteiger charge is 2.60. The van der Waals surface area contributed by atoms with Crippen molar-refractivity contribution >= 4 is 22.7 Å². The lowest BCUT2D eigenvalue weighted by Gasteiger charge is -2.49. The number of hydrogen-bond acceptors (Lipinski definition) is 5. The summed E-state index contributed by atoms with van der Waals surface area (Å²) in [4.78, 5) is 26.3. The van der Waals surface area contributed by atoms with Gasteiger partial charge in [-0.05, 0) is 45.7 Å². The number of carbonyl (C=O) groups excluding carboxylic acids is 1. The van der Waals surface area contributed by atoms with Crippen molar-refractivity contribution in [3.05, 3.63) is 108 Å². The van der Waals surface area contributed by atoms with Crippen LogP contribution in [0.5, 0.6) is 11.5 Å². The van der Waals surface area contributed by atoms with Crippen LogP contribution in [0, 0.1) is 11.8 Å². The number of hydrogen-bond donors (Lipinski definition) is 1. The van der Waals surface area contributed by atoms with E-state index < -0.39 is 35.6 Å². The highest BCUT2D eigenvalue weighted by Crippen LogP contribution is 2.60. The average molecular weight is 497 g/mol. The van der Waals surface area contributed by atoms with Crippen molar-refractivity contribution in [2.45, 2.75) is 18.4 Å². The number of carboxylic acid groups (broad SMARTS) is 1. The van der Waals surface area contributed by atoms with Crippen molar-refractivity contribution in [3.63, 3.8) is 0 Å². The minimum atomic E-state index is -0.981. The van der Waals surface area contributed by atoms with Gasteiger partial charge in [-0.15, -0.1) is 0 Å². The Kier molecular flexibility index (Phi) is 6.82. The maximum Gasteiger partial charge on any atom is 0.310 e. The molecule has 1 N–H and O–H groups in total. The summed E-state index contributed by atoms with van der Waals surface area (Å²) in [6.07, 6.45) is 0. The maximum absolute atomic E-state index is 13.7. The molecule has 1 fully saturated rings. The van der Waals surface area contributed by atoms with E-state index in [-0.39, 0.29) is 6.61 Å². The monoisotopic (exact) mass is 496 g/mol. The molecule has 0 aliphatic heterocycles. The summed E-state index contributed by atoms with van der Waals surface area (Å²) in [6, 6.07) is 28.4. The van der Waals surface area contributed by atoms with Crippen molar-refractivity contribution in [1.29, 1.82) is 0 Å². The minimum absolute atomic E-state index is 0.0925. The van der Waals surface area contributed by atoms with Crippen LogP contribution < -0.4 is 9.47 Å². The Labute approximate surface area is 215 Å². The molecule has 1 aliphatic rings. The number of benzene rings is 4. The molecule has 6 heteroatoms. The van der Waals surface area contributed by atoms with Gasteiger partial charge >= 0.3 is 11.9 Å². The molecule has 0 spiro atoms. The molecule has 1 aliphatic carbocycles. The standard InChI is InChI=1S/C31H28O6/c1-35-24-13-7-5-11-22(24)26-28(30(32)33)27(23-12-6-8-14-25(23)36-2)29(26)31(34)37-18-19-15-16-20-9-3-4-10-21(20)17-19/h3-17,26-29H,18H2,1-2H3,(H,32,33)/t26-,27-,28-,29-/m0/s1. The van der Waals surface area contributed by atoms with Crippen LogP contribution in [0.3, 0.4) is 0 Å². The molecule has 2 atom stereocenters. The van der Waals surface area contributed by atoms with Crippen LogP contribution in [0.4, 0.5) is 0 Å². The summed E-state index contributed by atoms with van der Waals surface area (Å²) >= 11 is 0. The van der Waals surface area contributed by atoms with Crippen LogP contribution in [-0.4, -0.2) is 31.3 Å². The number of para-hydroxylation sites is 2. The van der Waals surface area contributed by atoms with E-state index >= 15 is 0 Å². The Morgan fingerprint density at radius 2 is 1.24 bits per heavy atom. The van der Waals surface area contributed by atoms with Gasteiger partial charge in [0.2, 0.25) is 0 Å². The van der Waals surface area contributed by atoms with Gasteiger partial charge in [-0.2, -0.15) is 0 Å². The topological polar surface area (TPSA) is 82.1 Å². The number of fused-ring (bicyclic) bond motifs is 1. The van der Waals surface area contributed by atoms with Gasteiger partial charge in [0.25, 0.3) is 0 Å². The third-order valence-corrected chi connectivity index (χ3v) is 7.30. The fourth-order valence-electron chi connectivity index (χ4n) is 5.59. The Bertz CT molecular complexity index is 1390. The third kappa shape index (κ3) is 4.51. The summed E-state index contributed by atoms with van der Waals surface area (Å²) in [5.41, 5.74) is 2.22. The predicted octanol–water partition coefficient (Wildman–Crippen LogP) is 5.80. The molecule has 37 heavy (non-hydrogen) atoms. The van der Waals surface area contributed by atoms with E-state index in [0.717, 1.165) is 16.3 Å². The first-order valence-electron chi connectivity index (χ1n) is 12.2. The van der Waals surface area contributed by atoms with Gasteiger partial charge in [0.05, 0.1) is 26.1 Å². The second-order valence-corrected chi connectivity index (χ2v) is 9.21. The fraction of sp³-hybridized carbons (Fsp3) is 0.226. The van der Waals surface area contributed by atoms with E-state index in [4.69, 9.17) is 14.2 Å². The molecule has 4 aromatic carbocycles. The Balaban J connectivity index is 1.51. The molecule has 0 heterocycles. The van der Waals surface area contributed by atoms with E-state index in [1.807, 2.05) is 78.9 Å². The first-order chi connectivity index (χ1) is 18.0. The lowest BCUT2D eigenvalue weighted by molar-refractivity contribution is -0.165. The van der Waals surface area contributed by atoms with Crippen molar-refractivity contribution < 1.29 is 28.9 Å². The van der Waals surface area contributed by atoms with Crippen LogP contribution in [-0.2, 0) is 20.9 Å². The van der Waals surface area contributed by atoms with Gasteiger partial charge in [-0.3, -0.25) is 9.59 Å². The molecule has 0 amide bonds. The fourth-order valence-corrected chi connectivity index (χ4v) is 5.59. The van der Waals surface area contributed by atoms with Gasteiger partial charge in [0, 0.05) is 11.8 Å². The Hall–Kier alpha value is -4.32. The van der Waals surface area contributed by atoms with Crippen molar-refractivity contribution in [2.24, 2.45) is 11.8 Å². The molecule has 0 radical (unpaired) electrons. The van der Waals surface area contributed by atoms with E-state index in [2.05, 4.69) is 0 Å². The molecule has 5 rings (SSSR count). The third-order valence-electron chi connectivity index (χ3n) is 7.30. The van der Waals surface area contributed by atoms with Crippen LogP contribution in [0.15, 0.2) is 91.0 Å². The number of carbonyl (C=O) groups is 2. The minimum Gasteiger partial charge on any atom is -0.496 e. The van der Waals surface area contributed by atoms with E-state index in [1.165, 1.54) is 14.2 Å². The van der Waals surface area contributed by atoms with Gasteiger partial charge in [0.1, 0.15) is 18.1 Å². The van der Waals surface area contributed by atoms with Gasteiger partial charge < -0.3 is 19.3 Å². The number of ether oxygens (including phenoxy) is 3. The highest BCUT2D eigenvalue weighted by atomic mass is 16.5. The van der Waals surface area contributed by atoms with Crippen molar-refractivity contribution in [3.8, 4) is 11.5 Å². The van der Waals surface area contributed by atoms with E-state index in [0.29, 0.717) is 22.6 Å². The van der Waals surface area contributed by atoms with Gasteiger partial charge in [-0.1, -0.05) is 72.8 Å². The summed E-state index contributed by atoms with van der Waals surface area (Å²) in [6.45, 7) is 0.0925. The average Bonchev–Trinajstić information content (AvgIpc) is 2.91. The summed E-state index contributed by atoms with van der Waals surface area (Å²) < 4.78 is 16.9. The van der Waals surface area contributed by atoms with Gasteiger partial charge in [-0.25, -0.2) is 0 Å². The lowest BCUT2D eigenvalue weighted by Crippen LogP contribution is -2.51. The Morgan fingerprint density at radius 1 is 0.703 bits per heavy atom. The molecule has 6 nitrogen and oxygen atoms in total. The molecule has 0 unspecified atom stereocenters. The zero-order valence-corrected chi connectivity index (χ0v) is 20.7. The lowest BCUT2D eigenvalue weighted by atomic mass is 9.52. The van der Waals surface area contributed by atoms with Gasteiger partial charge in [0.15, 0.2) is 0 Å². The van der Waals surface area contributed by atoms with Crippen LogP contribution in [0.2, 0.25) is 0 Å². The summed E-state index contributed by atoms with van der Waals surface area (Å²) in [5.74, 6) is -3.16.